The first-order valence-corrected chi connectivity index (χ1v) is 9.73. The van der Waals surface area contributed by atoms with E-state index in [1.54, 1.807) is 0 Å². The Morgan fingerprint density at radius 3 is 2.23 bits per heavy atom. The van der Waals surface area contributed by atoms with Gasteiger partial charge >= 0.3 is 6.61 Å². The SMILES string of the molecule is CCOc1ccc(C(NC(=O)c2ccc(OC(F)F)c(OC)c2)c2ccccc2)cc1. The van der Waals surface area contributed by atoms with Gasteiger partial charge in [-0.2, -0.15) is 8.78 Å². The topological polar surface area (TPSA) is 56.8 Å². The molecule has 0 bridgehead atoms. The number of halogens is 2. The number of amides is 1. The van der Waals surface area contributed by atoms with Crippen molar-refractivity contribution in [2.45, 2.75) is 19.6 Å². The fraction of sp³-hybridized carbons (Fsp3) is 0.208. The van der Waals surface area contributed by atoms with Crippen LogP contribution in [-0.2, 0) is 0 Å². The third kappa shape index (κ3) is 5.72. The number of hydrogen-bond donors (Lipinski definition) is 1. The monoisotopic (exact) mass is 427 g/mol. The minimum atomic E-state index is -2.99. The molecule has 31 heavy (non-hydrogen) atoms. The van der Waals surface area contributed by atoms with Crippen LogP contribution in [0.2, 0.25) is 0 Å². The van der Waals surface area contributed by atoms with Gasteiger partial charge in [0.1, 0.15) is 5.75 Å². The van der Waals surface area contributed by atoms with Gasteiger partial charge in [-0.05, 0) is 48.4 Å². The Morgan fingerprint density at radius 1 is 0.935 bits per heavy atom. The average Bonchev–Trinajstić information content (AvgIpc) is 2.78. The van der Waals surface area contributed by atoms with E-state index in [9.17, 15) is 13.6 Å². The zero-order chi connectivity index (χ0) is 22.2. The van der Waals surface area contributed by atoms with Crippen molar-refractivity contribution < 1.29 is 27.8 Å². The zero-order valence-corrected chi connectivity index (χ0v) is 17.2. The van der Waals surface area contributed by atoms with E-state index in [0.29, 0.717) is 6.61 Å². The van der Waals surface area contributed by atoms with E-state index in [0.717, 1.165) is 16.9 Å². The molecule has 0 saturated heterocycles. The summed E-state index contributed by atoms with van der Waals surface area (Å²) in [4.78, 5) is 13.0. The fourth-order valence-corrected chi connectivity index (χ4v) is 3.14. The number of methoxy groups -OCH3 is 1. The van der Waals surface area contributed by atoms with Crippen molar-refractivity contribution in [2.24, 2.45) is 0 Å². The normalized spacial score (nSPS) is 11.6. The quantitative estimate of drug-likeness (QED) is 0.509. The molecular weight excluding hydrogens is 404 g/mol. The third-order valence-corrected chi connectivity index (χ3v) is 4.57. The summed E-state index contributed by atoms with van der Waals surface area (Å²) in [7, 11) is 1.32. The number of benzene rings is 3. The molecule has 0 aliphatic heterocycles. The molecule has 1 amide bonds. The Hall–Kier alpha value is -3.61. The molecule has 3 aromatic carbocycles. The molecule has 0 aromatic heterocycles. The van der Waals surface area contributed by atoms with Gasteiger partial charge in [0, 0.05) is 5.56 Å². The number of ether oxygens (including phenoxy) is 3. The van der Waals surface area contributed by atoms with E-state index < -0.39 is 12.7 Å². The maximum Gasteiger partial charge on any atom is 0.387 e. The first kappa shape index (κ1) is 22.1. The summed E-state index contributed by atoms with van der Waals surface area (Å²) < 4.78 is 40.1. The molecule has 1 unspecified atom stereocenters. The van der Waals surface area contributed by atoms with Crippen molar-refractivity contribution in [2.75, 3.05) is 13.7 Å². The van der Waals surface area contributed by atoms with Crippen molar-refractivity contribution in [1.29, 1.82) is 0 Å². The van der Waals surface area contributed by atoms with E-state index in [2.05, 4.69) is 10.1 Å². The molecule has 0 heterocycles. The van der Waals surface area contributed by atoms with Gasteiger partial charge in [-0.25, -0.2) is 0 Å². The average molecular weight is 427 g/mol. The van der Waals surface area contributed by atoms with Crippen LogP contribution in [-0.4, -0.2) is 26.2 Å². The highest BCUT2D eigenvalue weighted by molar-refractivity contribution is 5.95. The van der Waals surface area contributed by atoms with E-state index >= 15 is 0 Å². The Bertz CT molecular complexity index is 994. The second kappa shape index (κ2) is 10.4. The molecule has 7 heteroatoms. The highest BCUT2D eigenvalue weighted by Gasteiger charge is 2.20. The molecule has 3 rings (SSSR count). The van der Waals surface area contributed by atoms with E-state index in [-0.39, 0.29) is 23.0 Å². The summed E-state index contributed by atoms with van der Waals surface area (Å²) in [6.07, 6.45) is 0. The van der Waals surface area contributed by atoms with Crippen molar-refractivity contribution in [1.82, 2.24) is 5.32 Å². The van der Waals surface area contributed by atoms with Gasteiger partial charge in [0.2, 0.25) is 0 Å². The Kier molecular flexibility index (Phi) is 7.43. The summed E-state index contributed by atoms with van der Waals surface area (Å²) in [6.45, 7) is -0.520. The maximum atomic E-state index is 13.0. The van der Waals surface area contributed by atoms with Crippen LogP contribution in [0.4, 0.5) is 8.78 Å². The molecule has 0 saturated carbocycles. The van der Waals surface area contributed by atoms with Crippen LogP contribution in [0, 0.1) is 0 Å². The molecule has 5 nitrogen and oxygen atoms in total. The minimum absolute atomic E-state index is 0.0466. The van der Waals surface area contributed by atoms with Crippen molar-refractivity contribution in [3.63, 3.8) is 0 Å². The standard InChI is InChI=1S/C24H23F2NO4/c1-3-30-19-12-9-17(10-13-19)22(16-7-5-4-6-8-16)27-23(28)18-11-14-20(31-24(25)26)21(15-18)29-2/h4-15,22,24H,3H2,1-2H3,(H,27,28). The Morgan fingerprint density at radius 2 is 1.61 bits per heavy atom. The van der Waals surface area contributed by atoms with Crippen LogP contribution in [0.1, 0.15) is 34.5 Å². The first-order chi connectivity index (χ1) is 15.0. The minimum Gasteiger partial charge on any atom is -0.494 e. The van der Waals surface area contributed by atoms with Crippen LogP contribution in [0.25, 0.3) is 0 Å². The third-order valence-electron chi connectivity index (χ3n) is 4.57. The van der Waals surface area contributed by atoms with Gasteiger partial charge < -0.3 is 19.5 Å². The number of nitrogens with one attached hydrogen (secondary N) is 1. The Labute approximate surface area is 179 Å². The van der Waals surface area contributed by atoms with Crippen molar-refractivity contribution >= 4 is 5.91 Å². The summed E-state index contributed by atoms with van der Waals surface area (Å²) >= 11 is 0. The van der Waals surface area contributed by atoms with Crippen LogP contribution in [0.5, 0.6) is 17.2 Å². The Balaban J connectivity index is 1.88. The van der Waals surface area contributed by atoms with Gasteiger partial charge in [-0.3, -0.25) is 4.79 Å². The fourth-order valence-electron chi connectivity index (χ4n) is 3.14. The second-order valence-corrected chi connectivity index (χ2v) is 6.56. The summed E-state index contributed by atoms with van der Waals surface area (Å²) in [6, 6.07) is 20.6. The largest absolute Gasteiger partial charge is 0.494 e. The molecule has 3 aromatic rings. The van der Waals surface area contributed by atoms with Gasteiger partial charge in [-0.1, -0.05) is 42.5 Å². The smallest absolute Gasteiger partial charge is 0.387 e. The molecule has 0 radical (unpaired) electrons. The van der Waals surface area contributed by atoms with E-state index in [4.69, 9.17) is 9.47 Å². The number of hydrogen-bond acceptors (Lipinski definition) is 4. The molecule has 0 aliphatic rings. The number of alkyl halides is 2. The molecule has 162 valence electrons. The molecule has 0 fully saturated rings. The lowest BCUT2D eigenvalue weighted by molar-refractivity contribution is -0.0512. The van der Waals surface area contributed by atoms with E-state index in [1.807, 2.05) is 61.5 Å². The van der Waals surface area contributed by atoms with Crippen molar-refractivity contribution in [3.05, 3.63) is 89.5 Å². The van der Waals surface area contributed by atoms with Crippen LogP contribution >= 0.6 is 0 Å². The molecule has 0 spiro atoms. The van der Waals surface area contributed by atoms with Crippen LogP contribution in [0.15, 0.2) is 72.8 Å². The lowest BCUT2D eigenvalue weighted by Crippen LogP contribution is -2.29. The predicted molar refractivity (Wildman–Crippen MR) is 113 cm³/mol. The summed E-state index contributed by atoms with van der Waals surface area (Å²) in [5, 5.41) is 3.00. The molecule has 1 atom stereocenters. The number of carbonyl (C=O) groups excluding carboxylic acids is 1. The molecule has 1 N–H and O–H groups in total. The maximum absolute atomic E-state index is 13.0. The first-order valence-electron chi connectivity index (χ1n) is 9.73. The zero-order valence-electron chi connectivity index (χ0n) is 17.2. The van der Waals surface area contributed by atoms with Crippen molar-refractivity contribution in [3.8, 4) is 17.2 Å². The summed E-state index contributed by atoms with van der Waals surface area (Å²) in [5.74, 6) is 0.263. The molecular formula is C24H23F2NO4. The predicted octanol–water partition coefficient (Wildman–Crippen LogP) is 5.21. The van der Waals surface area contributed by atoms with Gasteiger partial charge in [0.05, 0.1) is 19.8 Å². The summed E-state index contributed by atoms with van der Waals surface area (Å²) in [5.41, 5.74) is 2.02. The lowest BCUT2D eigenvalue weighted by atomic mass is 9.98. The van der Waals surface area contributed by atoms with E-state index in [1.165, 1.54) is 25.3 Å². The highest BCUT2D eigenvalue weighted by atomic mass is 19.3. The van der Waals surface area contributed by atoms with Crippen LogP contribution < -0.4 is 19.5 Å². The lowest BCUT2D eigenvalue weighted by Gasteiger charge is -2.21. The van der Waals surface area contributed by atoms with Gasteiger partial charge in [0.15, 0.2) is 11.5 Å². The number of carbonyl (C=O) groups is 1. The van der Waals surface area contributed by atoms with Gasteiger partial charge in [-0.15, -0.1) is 0 Å². The highest BCUT2D eigenvalue weighted by Crippen LogP contribution is 2.30. The number of rotatable bonds is 9. The molecule has 0 aliphatic carbocycles. The van der Waals surface area contributed by atoms with Gasteiger partial charge in [0.25, 0.3) is 5.91 Å². The second-order valence-electron chi connectivity index (χ2n) is 6.56. The van der Waals surface area contributed by atoms with Crippen LogP contribution in [0.3, 0.4) is 0 Å².